The first-order valence-corrected chi connectivity index (χ1v) is 5.19. The highest BCUT2D eigenvalue weighted by atomic mass is 16.2. The molecule has 1 saturated heterocycles. The van der Waals surface area contributed by atoms with Gasteiger partial charge in [0, 0.05) is 31.5 Å². The van der Waals surface area contributed by atoms with Crippen molar-refractivity contribution in [1.82, 2.24) is 9.58 Å². The second-order valence-corrected chi connectivity index (χ2v) is 3.82. The normalized spacial score (nSPS) is 17.7. The van der Waals surface area contributed by atoms with Crippen LogP contribution in [0.15, 0.2) is 24.5 Å². The lowest BCUT2D eigenvalue weighted by atomic mass is 10.1. The predicted octanol–water partition coefficient (Wildman–Crippen LogP) is 0.575. The molecule has 0 unspecified atom stereocenters. The fourth-order valence-electron chi connectivity index (χ4n) is 1.86. The summed E-state index contributed by atoms with van der Waals surface area (Å²) in [4.78, 5) is 12.6. The molecular formula is C10H16N4O. The van der Waals surface area contributed by atoms with E-state index in [-0.39, 0.29) is 6.03 Å². The molecule has 5 nitrogen and oxygen atoms in total. The zero-order valence-electron chi connectivity index (χ0n) is 8.60. The molecule has 0 aromatic carbocycles. The van der Waals surface area contributed by atoms with Crippen LogP contribution in [0.3, 0.4) is 0 Å². The van der Waals surface area contributed by atoms with E-state index in [0.29, 0.717) is 6.04 Å². The van der Waals surface area contributed by atoms with Crippen molar-refractivity contribution in [3.8, 4) is 0 Å². The molecule has 0 atom stereocenters. The molecule has 1 aliphatic heterocycles. The zero-order chi connectivity index (χ0) is 10.7. The lowest BCUT2D eigenvalue weighted by Gasteiger charge is -2.31. The monoisotopic (exact) mass is 208 g/mol. The van der Waals surface area contributed by atoms with Gasteiger partial charge in [0.1, 0.15) is 0 Å². The molecule has 2 rings (SSSR count). The van der Waals surface area contributed by atoms with Crippen molar-refractivity contribution in [2.24, 2.45) is 5.73 Å². The third-order valence-corrected chi connectivity index (χ3v) is 2.74. The molecule has 1 aromatic heterocycles. The Balaban J connectivity index is 1.81. The van der Waals surface area contributed by atoms with Crippen LogP contribution in [0.1, 0.15) is 12.8 Å². The number of nitrogens with one attached hydrogen (secondary N) is 1. The summed E-state index contributed by atoms with van der Waals surface area (Å²) in [6, 6.07) is 4.07. The molecule has 82 valence electrons. The number of aromatic nitrogens is 1. The average molecular weight is 208 g/mol. The summed E-state index contributed by atoms with van der Waals surface area (Å²) < 4.78 is 1.95. The Kier molecular flexibility index (Phi) is 2.80. The summed E-state index contributed by atoms with van der Waals surface area (Å²) >= 11 is 0. The van der Waals surface area contributed by atoms with E-state index in [2.05, 4.69) is 5.43 Å². The van der Waals surface area contributed by atoms with Gasteiger partial charge in [-0.1, -0.05) is 0 Å². The molecule has 5 heteroatoms. The van der Waals surface area contributed by atoms with Gasteiger partial charge in [-0.3, -0.25) is 4.68 Å². The average Bonchev–Trinajstić information content (AvgIpc) is 2.71. The van der Waals surface area contributed by atoms with Gasteiger partial charge in [0.15, 0.2) is 0 Å². The molecule has 1 aromatic rings. The minimum absolute atomic E-state index is 0.311. The number of hydrogen-bond acceptors (Lipinski definition) is 2. The van der Waals surface area contributed by atoms with Crippen molar-refractivity contribution in [3.63, 3.8) is 0 Å². The van der Waals surface area contributed by atoms with Gasteiger partial charge in [-0.05, 0) is 25.0 Å². The number of carbonyl (C=O) groups excluding carboxylic acids is 1. The number of carbonyl (C=O) groups is 1. The van der Waals surface area contributed by atoms with Crippen LogP contribution in [0.2, 0.25) is 0 Å². The van der Waals surface area contributed by atoms with E-state index in [1.54, 1.807) is 4.90 Å². The van der Waals surface area contributed by atoms with Gasteiger partial charge in [-0.2, -0.15) is 0 Å². The Bertz CT molecular complexity index is 314. The van der Waals surface area contributed by atoms with Gasteiger partial charge in [0.25, 0.3) is 0 Å². The minimum atomic E-state index is -0.311. The van der Waals surface area contributed by atoms with E-state index in [4.69, 9.17) is 5.73 Å². The summed E-state index contributed by atoms with van der Waals surface area (Å²) in [5.41, 5.74) is 8.57. The number of piperidine rings is 1. The van der Waals surface area contributed by atoms with Gasteiger partial charge in [0.2, 0.25) is 0 Å². The summed E-state index contributed by atoms with van der Waals surface area (Å²) in [5, 5.41) is 0. The van der Waals surface area contributed by atoms with Crippen LogP contribution in [0, 0.1) is 0 Å². The number of urea groups is 1. The first-order chi connectivity index (χ1) is 7.25. The maximum absolute atomic E-state index is 10.9. The predicted molar refractivity (Wildman–Crippen MR) is 58.0 cm³/mol. The van der Waals surface area contributed by atoms with Crippen LogP contribution in [0.5, 0.6) is 0 Å². The number of primary amides is 1. The Morgan fingerprint density at radius 2 is 1.87 bits per heavy atom. The zero-order valence-corrected chi connectivity index (χ0v) is 8.60. The van der Waals surface area contributed by atoms with Crippen LogP contribution in [-0.4, -0.2) is 34.7 Å². The molecule has 0 aliphatic carbocycles. The highest BCUT2D eigenvalue weighted by Gasteiger charge is 2.20. The van der Waals surface area contributed by atoms with Gasteiger partial charge < -0.3 is 16.1 Å². The highest BCUT2D eigenvalue weighted by molar-refractivity contribution is 5.72. The fraction of sp³-hybridized carbons (Fsp3) is 0.500. The highest BCUT2D eigenvalue weighted by Crippen LogP contribution is 2.10. The Morgan fingerprint density at radius 1 is 1.27 bits per heavy atom. The van der Waals surface area contributed by atoms with E-state index in [0.717, 1.165) is 25.9 Å². The third kappa shape index (κ3) is 2.43. The standard InChI is InChI=1S/C10H16N4O/c11-10(15)13-7-3-9(4-8-13)12-14-5-1-2-6-14/h1-2,5-6,9,12H,3-4,7-8H2,(H2,11,15). The Morgan fingerprint density at radius 3 is 2.40 bits per heavy atom. The molecule has 0 radical (unpaired) electrons. The molecule has 0 saturated carbocycles. The van der Waals surface area contributed by atoms with Crippen molar-refractivity contribution in [2.45, 2.75) is 18.9 Å². The van der Waals surface area contributed by atoms with E-state index >= 15 is 0 Å². The quantitative estimate of drug-likeness (QED) is 0.746. The SMILES string of the molecule is NC(=O)N1CCC(Nn2cccc2)CC1. The summed E-state index contributed by atoms with van der Waals surface area (Å²) in [6.07, 6.45) is 5.84. The molecule has 15 heavy (non-hydrogen) atoms. The fourth-order valence-corrected chi connectivity index (χ4v) is 1.86. The van der Waals surface area contributed by atoms with Gasteiger partial charge in [-0.25, -0.2) is 4.79 Å². The number of likely N-dealkylation sites (tertiary alicyclic amines) is 1. The molecule has 0 spiro atoms. The largest absolute Gasteiger partial charge is 0.351 e. The number of nitrogens with two attached hydrogens (primary N) is 1. The van der Waals surface area contributed by atoms with Crippen LogP contribution < -0.4 is 11.2 Å². The van der Waals surface area contributed by atoms with E-state index in [9.17, 15) is 4.79 Å². The lowest BCUT2D eigenvalue weighted by molar-refractivity contribution is 0.191. The van der Waals surface area contributed by atoms with E-state index < -0.39 is 0 Å². The van der Waals surface area contributed by atoms with Crippen molar-refractivity contribution in [2.75, 3.05) is 18.5 Å². The Labute approximate surface area is 88.8 Å². The number of amides is 2. The first kappa shape index (κ1) is 9.89. The van der Waals surface area contributed by atoms with Crippen molar-refractivity contribution in [1.29, 1.82) is 0 Å². The van der Waals surface area contributed by atoms with Crippen LogP contribution in [0.25, 0.3) is 0 Å². The van der Waals surface area contributed by atoms with Crippen LogP contribution in [0.4, 0.5) is 4.79 Å². The molecule has 0 bridgehead atoms. The van der Waals surface area contributed by atoms with Crippen molar-refractivity contribution >= 4 is 6.03 Å². The number of hydrogen-bond donors (Lipinski definition) is 2. The van der Waals surface area contributed by atoms with Crippen LogP contribution >= 0.6 is 0 Å². The lowest BCUT2D eigenvalue weighted by Crippen LogP contribution is -2.45. The van der Waals surface area contributed by atoms with Crippen molar-refractivity contribution in [3.05, 3.63) is 24.5 Å². The van der Waals surface area contributed by atoms with Crippen LogP contribution in [-0.2, 0) is 0 Å². The molecule has 1 aliphatic rings. The van der Waals surface area contributed by atoms with E-state index in [1.807, 2.05) is 29.2 Å². The molecule has 3 N–H and O–H groups in total. The third-order valence-electron chi connectivity index (χ3n) is 2.74. The maximum Gasteiger partial charge on any atom is 0.314 e. The number of nitrogens with zero attached hydrogens (tertiary/aromatic N) is 2. The van der Waals surface area contributed by atoms with Gasteiger partial charge in [0.05, 0.1) is 0 Å². The summed E-state index contributed by atoms with van der Waals surface area (Å²) in [6.45, 7) is 1.49. The molecule has 1 fully saturated rings. The second-order valence-electron chi connectivity index (χ2n) is 3.82. The number of rotatable bonds is 2. The smallest absolute Gasteiger partial charge is 0.314 e. The molecular weight excluding hydrogens is 192 g/mol. The molecule has 2 amide bonds. The topological polar surface area (TPSA) is 63.3 Å². The summed E-state index contributed by atoms with van der Waals surface area (Å²) in [5.74, 6) is 0. The maximum atomic E-state index is 10.9. The second kappa shape index (κ2) is 4.25. The van der Waals surface area contributed by atoms with Gasteiger partial charge in [-0.15, -0.1) is 0 Å². The van der Waals surface area contributed by atoms with Crippen molar-refractivity contribution < 1.29 is 4.79 Å². The first-order valence-electron chi connectivity index (χ1n) is 5.19. The minimum Gasteiger partial charge on any atom is -0.351 e. The summed E-state index contributed by atoms with van der Waals surface area (Å²) in [7, 11) is 0. The van der Waals surface area contributed by atoms with Gasteiger partial charge >= 0.3 is 6.03 Å². The Hall–Kier alpha value is -1.65. The van der Waals surface area contributed by atoms with E-state index in [1.165, 1.54) is 0 Å². The molecule has 2 heterocycles.